The second-order valence-corrected chi connectivity index (χ2v) is 20.8. The Morgan fingerprint density at radius 3 is 1.83 bits per heavy atom. The maximum absolute atomic E-state index is 13.3. The van der Waals surface area contributed by atoms with Crippen molar-refractivity contribution in [2.45, 2.75) is 122 Å². The molecule has 6 rings (SSSR count). The highest BCUT2D eigenvalue weighted by Gasteiger charge is 2.27. The SMILES string of the molecule is Cc1cc(C)c(NC(=O)NCCCCCCCCCCCCC(=O)O)c(C)c1/N=c1/cc2oc3cc(Nc4c(C)cc(C)c(NC(N)=O)c4C)ccc3c(-c3ccccc3S(=O)(=O)O)c-2cc1S(=O)(=O)O. The van der Waals surface area contributed by atoms with Crippen LogP contribution in [0, 0.1) is 41.5 Å². The van der Waals surface area contributed by atoms with Crippen molar-refractivity contribution in [2.75, 3.05) is 22.5 Å². The van der Waals surface area contributed by atoms with E-state index >= 15 is 0 Å². The lowest BCUT2D eigenvalue weighted by Crippen LogP contribution is -2.30. The number of unbranched alkanes of at least 4 members (excludes halogenated alkanes) is 9. The lowest BCUT2D eigenvalue weighted by Gasteiger charge is -2.20. The molecule has 17 nitrogen and oxygen atoms in total. The number of hydrogen-bond acceptors (Lipinski definition) is 10. The second-order valence-electron chi connectivity index (χ2n) is 18.0. The molecule has 2 aliphatic rings. The Morgan fingerprint density at radius 1 is 0.634 bits per heavy atom. The third kappa shape index (κ3) is 13.3. The van der Waals surface area contributed by atoms with E-state index in [2.05, 4.69) is 21.3 Å². The molecule has 0 spiro atoms. The Morgan fingerprint density at radius 2 is 1.21 bits per heavy atom. The number of benzene rings is 5. The van der Waals surface area contributed by atoms with Crippen molar-refractivity contribution in [3.05, 3.63) is 105 Å². The quantitative estimate of drug-likeness (QED) is 0.0190. The van der Waals surface area contributed by atoms with Gasteiger partial charge in [-0.3, -0.25) is 13.9 Å². The Balaban J connectivity index is 1.36. The summed E-state index contributed by atoms with van der Waals surface area (Å²) in [5.74, 6) is -0.706. The fourth-order valence-corrected chi connectivity index (χ4v) is 10.5. The number of aryl methyl sites for hydroxylation is 4. The Kier molecular flexibility index (Phi) is 17.3. The number of aliphatic carboxylic acids is 1. The van der Waals surface area contributed by atoms with Crippen molar-refractivity contribution in [1.82, 2.24) is 5.32 Å². The summed E-state index contributed by atoms with van der Waals surface area (Å²) in [6.07, 6.45) is 10.1. The van der Waals surface area contributed by atoms with Crippen molar-refractivity contribution in [2.24, 2.45) is 10.7 Å². The van der Waals surface area contributed by atoms with E-state index in [4.69, 9.17) is 20.2 Å². The first-order valence-corrected chi connectivity index (χ1v) is 26.4. The van der Waals surface area contributed by atoms with Gasteiger partial charge in [-0.15, -0.1) is 0 Å². The van der Waals surface area contributed by atoms with Crippen LogP contribution in [0.25, 0.3) is 33.4 Å². The molecule has 0 unspecified atom stereocenters. The number of nitrogens with two attached hydrogens (primary N) is 1. The van der Waals surface area contributed by atoms with Crippen LogP contribution in [0.15, 0.2) is 85.9 Å². The van der Waals surface area contributed by atoms with Crippen molar-refractivity contribution in [3.8, 4) is 22.5 Å². The topological polar surface area (TPSA) is 280 Å². The van der Waals surface area contributed by atoms with Gasteiger partial charge in [-0.1, -0.05) is 81.7 Å². The van der Waals surface area contributed by atoms with Gasteiger partial charge in [0.25, 0.3) is 20.2 Å². The van der Waals surface area contributed by atoms with Crippen molar-refractivity contribution in [1.29, 1.82) is 0 Å². The average Bonchev–Trinajstić information content (AvgIpc) is 3.29. The van der Waals surface area contributed by atoms with Gasteiger partial charge in [-0.05, 0) is 112 Å². The zero-order valence-corrected chi connectivity index (χ0v) is 42.4. The third-order valence-electron chi connectivity index (χ3n) is 12.5. The zero-order valence-electron chi connectivity index (χ0n) is 40.8. The number of rotatable bonds is 21. The van der Waals surface area contributed by atoms with Crippen LogP contribution in [0.5, 0.6) is 0 Å². The predicted molar refractivity (Wildman–Crippen MR) is 276 cm³/mol. The van der Waals surface area contributed by atoms with Gasteiger partial charge in [-0.25, -0.2) is 14.6 Å². The molecule has 1 heterocycles. The van der Waals surface area contributed by atoms with E-state index in [1.165, 1.54) is 24.3 Å². The second kappa shape index (κ2) is 23.0. The molecule has 0 saturated heterocycles. The number of urea groups is 2. The highest BCUT2D eigenvalue weighted by molar-refractivity contribution is 7.86. The maximum Gasteiger partial charge on any atom is 0.319 e. The van der Waals surface area contributed by atoms with E-state index in [0.717, 1.165) is 87.0 Å². The number of carbonyl (C=O) groups excluding carboxylic acids is 2. The predicted octanol–water partition coefficient (Wildman–Crippen LogP) is 11.5. The normalized spacial score (nSPS) is 12.1. The van der Waals surface area contributed by atoms with Gasteiger partial charge in [0.15, 0.2) is 0 Å². The molecule has 1 aliphatic carbocycles. The molecule has 0 saturated carbocycles. The zero-order chi connectivity index (χ0) is 51.8. The van der Waals surface area contributed by atoms with Crippen LogP contribution in [0.1, 0.15) is 104 Å². The molecule has 378 valence electrons. The summed E-state index contributed by atoms with van der Waals surface area (Å²) in [6.45, 7) is 11.4. The Labute approximate surface area is 414 Å². The first kappa shape index (κ1) is 53.5. The van der Waals surface area contributed by atoms with Gasteiger partial charge in [0.05, 0.1) is 22.4 Å². The van der Waals surface area contributed by atoms with E-state index in [0.29, 0.717) is 57.1 Å². The number of nitrogens with zero attached hydrogens (tertiary/aromatic N) is 1. The third-order valence-corrected chi connectivity index (χ3v) is 14.3. The van der Waals surface area contributed by atoms with Crippen molar-refractivity contribution >= 4 is 77.7 Å². The number of fused-ring (bicyclic) bond motifs is 2. The first-order valence-electron chi connectivity index (χ1n) is 23.5. The number of carboxylic acid groups (broad SMARTS) is 1. The number of amides is 4. The molecule has 0 aromatic heterocycles. The average molecular weight is 1010 g/mol. The van der Waals surface area contributed by atoms with Gasteiger partial charge >= 0.3 is 18.0 Å². The minimum absolute atomic E-state index is 0.0220. The van der Waals surface area contributed by atoms with Crippen LogP contribution in [-0.2, 0) is 25.0 Å². The summed E-state index contributed by atoms with van der Waals surface area (Å²) in [4.78, 5) is 39.4. The minimum Gasteiger partial charge on any atom is -0.481 e. The van der Waals surface area contributed by atoms with Gasteiger partial charge in [0.2, 0.25) is 0 Å². The highest BCUT2D eigenvalue weighted by atomic mass is 32.2. The molecule has 4 aromatic rings. The largest absolute Gasteiger partial charge is 0.481 e. The van der Waals surface area contributed by atoms with Crippen LogP contribution in [0.3, 0.4) is 0 Å². The lowest BCUT2D eigenvalue weighted by atomic mass is 9.93. The lowest BCUT2D eigenvalue weighted by molar-refractivity contribution is -0.137. The summed E-state index contributed by atoms with van der Waals surface area (Å²) in [5.41, 5.74) is 12.7. The van der Waals surface area contributed by atoms with Crippen LogP contribution < -0.4 is 32.4 Å². The highest BCUT2D eigenvalue weighted by Crippen LogP contribution is 2.44. The summed E-state index contributed by atoms with van der Waals surface area (Å²) in [5, 5.41) is 20.8. The van der Waals surface area contributed by atoms with Crippen molar-refractivity contribution in [3.63, 3.8) is 0 Å². The van der Waals surface area contributed by atoms with Crippen LogP contribution in [0.4, 0.5) is 38.0 Å². The molecule has 0 atom stereocenters. The van der Waals surface area contributed by atoms with Gasteiger partial charge in [-0.2, -0.15) is 16.8 Å². The van der Waals surface area contributed by atoms with Gasteiger partial charge in [0.1, 0.15) is 21.1 Å². The van der Waals surface area contributed by atoms with E-state index in [9.17, 15) is 40.3 Å². The number of nitrogens with one attached hydrogen (secondary N) is 4. The summed E-state index contributed by atoms with van der Waals surface area (Å²) in [7, 11) is -9.87. The number of primary amides is 1. The number of carbonyl (C=O) groups is 3. The van der Waals surface area contributed by atoms with Gasteiger partial charge < -0.3 is 36.5 Å². The first-order chi connectivity index (χ1) is 33.5. The van der Waals surface area contributed by atoms with Crippen LogP contribution in [0.2, 0.25) is 0 Å². The molecule has 0 bridgehead atoms. The summed E-state index contributed by atoms with van der Waals surface area (Å²) >= 11 is 0. The fraction of sp³-hybridized carbons (Fsp3) is 0.346. The molecule has 1 aliphatic heterocycles. The number of carboxylic acids is 1. The van der Waals surface area contributed by atoms with Crippen LogP contribution in [-0.4, -0.2) is 55.6 Å². The van der Waals surface area contributed by atoms with E-state index in [-0.39, 0.29) is 39.8 Å². The standard InChI is InChI=1S/C52H62N6O11S2/c1-30-25-32(3)49(57-51(53)61)34(5)47(30)55-36-22-23-37-41(27-36)69-42-29-40(44(71(66,67)68)28-39(42)46(37)38-19-16-17-20-43(38)70(63,64)65)56-48-31(2)26-33(4)50(35(48)6)58-52(62)54-24-18-14-12-10-8-7-9-11-13-15-21-45(59)60/h16-17,19-20,22-23,25-29,55H,7-15,18,21,24H2,1-6H3,(H,59,60)(H3,53,57,61)(H2,54,58,62)(H,63,64,65)(H,66,67,68)/b56-40-. The molecule has 19 heteroatoms. The smallest absolute Gasteiger partial charge is 0.319 e. The van der Waals surface area contributed by atoms with E-state index in [1.807, 2.05) is 33.8 Å². The van der Waals surface area contributed by atoms with Gasteiger partial charge in [0, 0.05) is 58.5 Å². The summed E-state index contributed by atoms with van der Waals surface area (Å²) in [6, 6.07) is 15.7. The van der Waals surface area contributed by atoms with Crippen molar-refractivity contribution < 1.29 is 49.8 Å². The molecule has 71 heavy (non-hydrogen) atoms. The Hall–Kier alpha value is -6.80. The van der Waals surface area contributed by atoms with Crippen LogP contribution >= 0.6 is 0 Å². The molecule has 4 amide bonds. The molecular formula is C52H62N6O11S2. The minimum atomic E-state index is -5.03. The molecular weight excluding hydrogens is 949 g/mol. The Bertz CT molecular complexity index is 3280. The maximum atomic E-state index is 13.3. The molecule has 9 N–H and O–H groups in total. The molecule has 0 fully saturated rings. The molecule has 4 aromatic carbocycles. The number of anilines is 4. The monoisotopic (exact) mass is 1010 g/mol. The summed E-state index contributed by atoms with van der Waals surface area (Å²) < 4.78 is 80.1. The molecule has 0 radical (unpaired) electrons. The van der Waals surface area contributed by atoms with E-state index < -0.39 is 48.1 Å². The van der Waals surface area contributed by atoms with E-state index in [1.54, 1.807) is 44.2 Å². The fourth-order valence-electron chi connectivity index (χ4n) is 9.14. The number of hydrogen-bond donors (Lipinski definition) is 8.